The molecule has 2 aromatic rings. The number of benzene rings is 2. The number of aliphatic imine (C=N–C) groups is 1. The zero-order chi connectivity index (χ0) is 14.5. The molecule has 106 valence electrons. The first-order valence-corrected chi connectivity index (χ1v) is 7.96. The maximum Gasteiger partial charge on any atom is 0.259 e. The summed E-state index contributed by atoms with van der Waals surface area (Å²) in [6.45, 7) is 0.729. The van der Waals surface area contributed by atoms with Gasteiger partial charge in [-0.05, 0) is 30.7 Å². The smallest absolute Gasteiger partial charge is 0.259 e. The topological polar surface area (TPSA) is 32.7 Å². The third-order valence-electron chi connectivity index (χ3n) is 3.23. The molecule has 0 bridgehead atoms. The Labute approximate surface area is 128 Å². The van der Waals surface area contributed by atoms with Crippen LogP contribution < -0.4 is 0 Å². The summed E-state index contributed by atoms with van der Waals surface area (Å²) in [5.41, 5.74) is 1.59. The number of amidine groups is 1. The van der Waals surface area contributed by atoms with Crippen LogP contribution in [0.4, 0.5) is 5.69 Å². The third-order valence-corrected chi connectivity index (χ3v) is 4.30. The van der Waals surface area contributed by atoms with Crippen LogP contribution in [0.25, 0.3) is 0 Å². The van der Waals surface area contributed by atoms with Gasteiger partial charge in [-0.2, -0.15) is 0 Å². The molecule has 0 aromatic heterocycles. The first kappa shape index (κ1) is 13.9. The minimum Gasteiger partial charge on any atom is -0.287 e. The van der Waals surface area contributed by atoms with Crippen LogP contribution in [0.5, 0.6) is 0 Å². The molecular formula is C17H16N2OS. The molecule has 3 nitrogen and oxygen atoms in total. The zero-order valence-electron chi connectivity index (χ0n) is 11.6. The second-order valence-electron chi connectivity index (χ2n) is 4.75. The molecule has 1 fully saturated rings. The largest absolute Gasteiger partial charge is 0.287 e. The second-order valence-corrected chi connectivity index (χ2v) is 5.82. The first-order valence-electron chi connectivity index (χ1n) is 6.98. The van der Waals surface area contributed by atoms with Crippen LogP contribution in [-0.4, -0.2) is 28.3 Å². The van der Waals surface area contributed by atoms with Gasteiger partial charge < -0.3 is 0 Å². The molecule has 0 aliphatic carbocycles. The highest BCUT2D eigenvalue weighted by Gasteiger charge is 2.24. The van der Waals surface area contributed by atoms with Crippen LogP contribution in [0.2, 0.25) is 0 Å². The summed E-state index contributed by atoms with van der Waals surface area (Å²) in [6, 6.07) is 19.2. The van der Waals surface area contributed by atoms with E-state index in [0.717, 1.165) is 29.6 Å². The molecule has 1 heterocycles. The Morgan fingerprint density at radius 1 is 1.00 bits per heavy atom. The standard InChI is InChI=1S/C17H16N2OS/c20-16(14-8-3-1-4-9-14)19-12-7-13-21-17(19)18-15-10-5-2-6-11-15/h1-6,8-11H,7,12-13H2. The maximum absolute atomic E-state index is 12.6. The second kappa shape index (κ2) is 6.59. The summed E-state index contributed by atoms with van der Waals surface area (Å²) in [7, 11) is 0. The Bertz CT molecular complexity index is 640. The Morgan fingerprint density at radius 2 is 1.67 bits per heavy atom. The lowest BCUT2D eigenvalue weighted by Gasteiger charge is -2.27. The van der Waals surface area contributed by atoms with Gasteiger partial charge in [0.05, 0.1) is 5.69 Å². The highest BCUT2D eigenvalue weighted by Crippen LogP contribution is 2.23. The fourth-order valence-corrected chi connectivity index (χ4v) is 3.15. The van der Waals surface area contributed by atoms with Crippen molar-refractivity contribution in [2.45, 2.75) is 6.42 Å². The minimum atomic E-state index is 0.0254. The highest BCUT2D eigenvalue weighted by atomic mass is 32.2. The normalized spacial score (nSPS) is 17.0. The van der Waals surface area contributed by atoms with Gasteiger partial charge in [-0.3, -0.25) is 9.69 Å². The summed E-state index contributed by atoms with van der Waals surface area (Å²) in [6.07, 6.45) is 0.997. The number of amides is 1. The van der Waals surface area contributed by atoms with Crippen LogP contribution in [0.3, 0.4) is 0 Å². The minimum absolute atomic E-state index is 0.0254. The van der Waals surface area contributed by atoms with Gasteiger partial charge >= 0.3 is 0 Å². The van der Waals surface area contributed by atoms with E-state index >= 15 is 0 Å². The molecule has 4 heteroatoms. The van der Waals surface area contributed by atoms with Crippen molar-refractivity contribution in [3.05, 3.63) is 66.2 Å². The lowest BCUT2D eigenvalue weighted by Crippen LogP contribution is -2.39. The van der Waals surface area contributed by atoms with Crippen LogP contribution >= 0.6 is 11.8 Å². The van der Waals surface area contributed by atoms with Gasteiger partial charge in [0.25, 0.3) is 5.91 Å². The van der Waals surface area contributed by atoms with Crippen molar-refractivity contribution >= 4 is 28.5 Å². The fraction of sp³-hybridized carbons (Fsp3) is 0.176. The van der Waals surface area contributed by atoms with Gasteiger partial charge in [0.15, 0.2) is 5.17 Å². The van der Waals surface area contributed by atoms with E-state index in [9.17, 15) is 4.79 Å². The number of carbonyl (C=O) groups is 1. The van der Waals surface area contributed by atoms with Gasteiger partial charge in [0, 0.05) is 17.9 Å². The number of rotatable bonds is 2. The molecule has 0 saturated carbocycles. The molecule has 1 aliphatic rings. The molecular weight excluding hydrogens is 280 g/mol. The highest BCUT2D eigenvalue weighted by molar-refractivity contribution is 8.13. The van der Waals surface area contributed by atoms with Crippen molar-refractivity contribution < 1.29 is 4.79 Å². The predicted molar refractivity (Wildman–Crippen MR) is 88.1 cm³/mol. The van der Waals surface area contributed by atoms with Crippen LogP contribution in [-0.2, 0) is 0 Å². The lowest BCUT2D eigenvalue weighted by molar-refractivity contribution is 0.0849. The Hall–Kier alpha value is -2.07. The zero-order valence-corrected chi connectivity index (χ0v) is 12.4. The summed E-state index contributed by atoms with van der Waals surface area (Å²) >= 11 is 1.64. The SMILES string of the molecule is O=C(c1ccccc1)N1CCCSC1=Nc1ccccc1. The molecule has 3 rings (SSSR count). The monoisotopic (exact) mass is 296 g/mol. The molecule has 1 amide bonds. The van der Waals surface area contributed by atoms with Crippen LogP contribution in [0.15, 0.2) is 65.7 Å². The van der Waals surface area contributed by atoms with E-state index in [1.54, 1.807) is 16.7 Å². The first-order chi connectivity index (χ1) is 10.3. The number of carbonyl (C=O) groups excluding carboxylic acids is 1. The van der Waals surface area contributed by atoms with Gasteiger partial charge in [-0.15, -0.1) is 0 Å². The van der Waals surface area contributed by atoms with E-state index in [1.165, 1.54) is 0 Å². The number of thioether (sulfide) groups is 1. The van der Waals surface area contributed by atoms with E-state index in [2.05, 4.69) is 4.99 Å². The van der Waals surface area contributed by atoms with E-state index in [0.29, 0.717) is 5.56 Å². The molecule has 1 aliphatic heterocycles. The quantitative estimate of drug-likeness (QED) is 0.840. The van der Waals surface area contributed by atoms with Gasteiger partial charge in [0.2, 0.25) is 0 Å². The fourth-order valence-electron chi connectivity index (χ4n) is 2.19. The van der Waals surface area contributed by atoms with E-state index in [-0.39, 0.29) is 5.91 Å². The molecule has 1 saturated heterocycles. The van der Waals surface area contributed by atoms with Gasteiger partial charge in [-0.25, -0.2) is 4.99 Å². The van der Waals surface area contributed by atoms with E-state index in [1.807, 2.05) is 60.7 Å². The molecule has 0 atom stereocenters. The summed E-state index contributed by atoms with van der Waals surface area (Å²) in [5.74, 6) is 1.03. The van der Waals surface area contributed by atoms with Crippen molar-refractivity contribution in [1.29, 1.82) is 0 Å². The van der Waals surface area contributed by atoms with E-state index < -0.39 is 0 Å². The van der Waals surface area contributed by atoms with Crippen LogP contribution in [0, 0.1) is 0 Å². The average molecular weight is 296 g/mol. The van der Waals surface area contributed by atoms with Crippen molar-refractivity contribution in [1.82, 2.24) is 4.90 Å². The maximum atomic E-state index is 12.6. The van der Waals surface area contributed by atoms with Gasteiger partial charge in [0.1, 0.15) is 0 Å². The Kier molecular flexibility index (Phi) is 4.36. The average Bonchev–Trinajstić information content (AvgIpc) is 2.56. The lowest BCUT2D eigenvalue weighted by atomic mass is 10.2. The van der Waals surface area contributed by atoms with E-state index in [4.69, 9.17) is 0 Å². The number of hydrogen-bond acceptors (Lipinski definition) is 3. The molecule has 0 N–H and O–H groups in total. The van der Waals surface area contributed by atoms with Crippen molar-refractivity contribution in [2.24, 2.45) is 4.99 Å². The molecule has 21 heavy (non-hydrogen) atoms. The molecule has 0 unspecified atom stereocenters. The van der Waals surface area contributed by atoms with Crippen molar-refractivity contribution in [3.8, 4) is 0 Å². The molecule has 0 spiro atoms. The molecule has 0 radical (unpaired) electrons. The third kappa shape index (κ3) is 3.34. The predicted octanol–water partition coefficient (Wildman–Crippen LogP) is 3.95. The molecule has 2 aromatic carbocycles. The van der Waals surface area contributed by atoms with Gasteiger partial charge in [-0.1, -0.05) is 48.2 Å². The number of hydrogen-bond donors (Lipinski definition) is 0. The summed E-state index contributed by atoms with van der Waals surface area (Å²) in [5, 5.41) is 0.793. The Balaban J connectivity index is 1.88. The summed E-state index contributed by atoms with van der Waals surface area (Å²) in [4.78, 5) is 19.1. The number of nitrogens with zero attached hydrogens (tertiary/aromatic N) is 2. The van der Waals surface area contributed by atoms with Crippen LogP contribution in [0.1, 0.15) is 16.8 Å². The van der Waals surface area contributed by atoms with Crippen molar-refractivity contribution in [2.75, 3.05) is 12.3 Å². The summed E-state index contributed by atoms with van der Waals surface area (Å²) < 4.78 is 0. The Morgan fingerprint density at radius 3 is 2.38 bits per heavy atom. The van der Waals surface area contributed by atoms with Crippen molar-refractivity contribution in [3.63, 3.8) is 0 Å². The number of para-hydroxylation sites is 1.